The van der Waals surface area contributed by atoms with Crippen molar-refractivity contribution < 1.29 is 9.53 Å². The Kier molecular flexibility index (Phi) is 7.00. The molecule has 192 valence electrons. The van der Waals surface area contributed by atoms with Crippen molar-refractivity contribution in [2.45, 2.75) is 91.7 Å². The number of anilines is 1. The Morgan fingerprint density at radius 3 is 2.50 bits per heavy atom. The molecule has 1 saturated carbocycles. The lowest BCUT2D eigenvalue weighted by Crippen LogP contribution is -2.25. The number of carbonyl (C=O) groups is 1. The summed E-state index contributed by atoms with van der Waals surface area (Å²) in [4.78, 5) is 31.1. The van der Waals surface area contributed by atoms with Gasteiger partial charge in [0.25, 0.3) is 5.56 Å². The van der Waals surface area contributed by atoms with Crippen LogP contribution in [0.5, 0.6) is 0 Å². The molecule has 0 spiro atoms. The Morgan fingerprint density at radius 2 is 1.83 bits per heavy atom. The standard InChI is InChI=1S/C30H39N3O3/c1-19-16-23(20(2)31-24-11-9-8-10-22(24)28(35)36-29(3,4)5)27-32-25(17-26(34)33(27)18-19)21-12-14-30(6,7)15-13-21/h8-11,16-18,20-21,31H,12-15H2,1-7H3. The molecule has 36 heavy (non-hydrogen) atoms. The number of aromatic nitrogens is 2. The van der Waals surface area contributed by atoms with E-state index in [0.29, 0.717) is 28.2 Å². The highest BCUT2D eigenvalue weighted by Crippen LogP contribution is 2.42. The minimum absolute atomic E-state index is 0.0499. The van der Waals surface area contributed by atoms with Crippen LogP contribution in [0.25, 0.3) is 5.65 Å². The highest BCUT2D eigenvalue weighted by Gasteiger charge is 2.29. The zero-order valence-electron chi connectivity index (χ0n) is 22.6. The van der Waals surface area contributed by atoms with Crippen molar-refractivity contribution in [3.8, 4) is 0 Å². The molecule has 0 saturated heterocycles. The van der Waals surface area contributed by atoms with Crippen molar-refractivity contribution in [3.05, 3.63) is 75.3 Å². The fraction of sp³-hybridized carbons (Fsp3) is 0.500. The first kappa shape index (κ1) is 25.9. The number of aryl methyl sites for hydroxylation is 1. The zero-order chi connectivity index (χ0) is 26.3. The van der Waals surface area contributed by atoms with Crippen molar-refractivity contribution >= 4 is 17.3 Å². The maximum absolute atomic E-state index is 13.2. The number of benzene rings is 1. The number of para-hydroxylation sites is 1. The molecule has 4 rings (SSSR count). The normalized spacial score (nSPS) is 17.1. The third-order valence-corrected chi connectivity index (χ3v) is 7.09. The average Bonchev–Trinajstić information content (AvgIpc) is 2.78. The Morgan fingerprint density at radius 1 is 1.17 bits per heavy atom. The molecule has 6 nitrogen and oxygen atoms in total. The molecular weight excluding hydrogens is 450 g/mol. The number of esters is 1. The first-order valence-electron chi connectivity index (χ1n) is 13.0. The summed E-state index contributed by atoms with van der Waals surface area (Å²) in [5.74, 6) is -0.0650. The van der Waals surface area contributed by atoms with Gasteiger partial charge in [-0.25, -0.2) is 9.78 Å². The second kappa shape index (κ2) is 9.72. The second-order valence-electron chi connectivity index (χ2n) is 12.0. The Labute approximate surface area is 214 Å². The van der Waals surface area contributed by atoms with E-state index in [-0.39, 0.29) is 17.6 Å². The van der Waals surface area contributed by atoms with E-state index in [1.807, 2.05) is 59.0 Å². The van der Waals surface area contributed by atoms with Crippen LogP contribution in [-0.4, -0.2) is 21.0 Å². The average molecular weight is 490 g/mol. The van der Waals surface area contributed by atoms with Gasteiger partial charge in [-0.2, -0.15) is 0 Å². The van der Waals surface area contributed by atoms with Crippen LogP contribution in [0.4, 0.5) is 5.69 Å². The van der Waals surface area contributed by atoms with E-state index in [1.54, 1.807) is 16.5 Å². The van der Waals surface area contributed by atoms with Crippen LogP contribution < -0.4 is 10.9 Å². The molecule has 3 aromatic rings. The highest BCUT2D eigenvalue weighted by molar-refractivity contribution is 5.96. The molecule has 1 unspecified atom stereocenters. The predicted octanol–water partition coefficient (Wildman–Crippen LogP) is 6.82. The third-order valence-electron chi connectivity index (χ3n) is 7.09. The van der Waals surface area contributed by atoms with Crippen molar-refractivity contribution in [1.82, 2.24) is 9.38 Å². The largest absolute Gasteiger partial charge is 0.456 e. The van der Waals surface area contributed by atoms with Gasteiger partial charge in [0.05, 0.1) is 17.3 Å². The van der Waals surface area contributed by atoms with Gasteiger partial charge in [0.2, 0.25) is 0 Å². The van der Waals surface area contributed by atoms with Gasteiger partial charge in [-0.05, 0) is 89.5 Å². The summed E-state index contributed by atoms with van der Waals surface area (Å²) in [6.07, 6.45) is 6.23. The van der Waals surface area contributed by atoms with E-state index in [1.165, 1.54) is 0 Å². The number of nitrogens with zero attached hydrogens (tertiary/aromatic N) is 2. The van der Waals surface area contributed by atoms with Crippen LogP contribution in [0.15, 0.2) is 47.4 Å². The van der Waals surface area contributed by atoms with E-state index in [4.69, 9.17) is 9.72 Å². The summed E-state index contributed by atoms with van der Waals surface area (Å²) in [5, 5.41) is 3.49. The van der Waals surface area contributed by atoms with E-state index >= 15 is 0 Å². The number of ether oxygens (including phenoxy) is 1. The fourth-order valence-corrected chi connectivity index (χ4v) is 5.04. The summed E-state index contributed by atoms with van der Waals surface area (Å²) in [5.41, 5.74) is 4.34. The van der Waals surface area contributed by atoms with Gasteiger partial charge in [-0.3, -0.25) is 9.20 Å². The summed E-state index contributed by atoms with van der Waals surface area (Å²) in [6, 6.07) is 11.0. The summed E-state index contributed by atoms with van der Waals surface area (Å²) >= 11 is 0. The smallest absolute Gasteiger partial charge is 0.340 e. The molecule has 2 aromatic heterocycles. The predicted molar refractivity (Wildman–Crippen MR) is 145 cm³/mol. The molecule has 1 atom stereocenters. The van der Waals surface area contributed by atoms with Crippen molar-refractivity contribution in [3.63, 3.8) is 0 Å². The number of hydrogen-bond donors (Lipinski definition) is 1. The molecule has 1 aliphatic rings. The lowest BCUT2D eigenvalue weighted by Gasteiger charge is -2.34. The lowest BCUT2D eigenvalue weighted by atomic mass is 9.72. The van der Waals surface area contributed by atoms with Gasteiger partial charge >= 0.3 is 5.97 Å². The van der Waals surface area contributed by atoms with Gasteiger partial charge in [-0.1, -0.05) is 26.0 Å². The van der Waals surface area contributed by atoms with Gasteiger partial charge < -0.3 is 10.1 Å². The molecule has 0 aliphatic heterocycles. The first-order chi connectivity index (χ1) is 16.8. The van der Waals surface area contributed by atoms with Crippen LogP contribution in [0.2, 0.25) is 0 Å². The molecule has 1 fully saturated rings. The fourth-order valence-electron chi connectivity index (χ4n) is 5.04. The van der Waals surface area contributed by atoms with Crippen LogP contribution in [0.1, 0.15) is 106 Å². The number of rotatable bonds is 5. The number of hydrogen-bond acceptors (Lipinski definition) is 5. The molecule has 0 amide bonds. The Balaban J connectivity index is 1.70. The van der Waals surface area contributed by atoms with Crippen LogP contribution >= 0.6 is 0 Å². The van der Waals surface area contributed by atoms with Gasteiger partial charge in [-0.15, -0.1) is 0 Å². The van der Waals surface area contributed by atoms with Gasteiger partial charge in [0, 0.05) is 29.4 Å². The highest BCUT2D eigenvalue weighted by atomic mass is 16.6. The molecular formula is C30H39N3O3. The molecule has 2 heterocycles. The Bertz CT molecular complexity index is 1320. The third kappa shape index (κ3) is 5.80. The quantitative estimate of drug-likeness (QED) is 0.398. The minimum atomic E-state index is -0.585. The maximum Gasteiger partial charge on any atom is 0.340 e. The van der Waals surface area contributed by atoms with Crippen molar-refractivity contribution in [2.75, 3.05) is 5.32 Å². The molecule has 1 aliphatic carbocycles. The van der Waals surface area contributed by atoms with E-state index in [0.717, 1.165) is 42.5 Å². The SMILES string of the molecule is Cc1cc(C(C)Nc2ccccc2C(=O)OC(C)(C)C)c2nc(C3CCC(C)(C)CC3)cc(=O)n2c1. The van der Waals surface area contributed by atoms with Crippen molar-refractivity contribution in [1.29, 1.82) is 0 Å². The summed E-state index contributed by atoms with van der Waals surface area (Å²) in [7, 11) is 0. The second-order valence-corrected chi connectivity index (χ2v) is 12.0. The maximum atomic E-state index is 13.2. The number of carbonyl (C=O) groups excluding carboxylic acids is 1. The summed E-state index contributed by atoms with van der Waals surface area (Å²) < 4.78 is 7.27. The summed E-state index contributed by atoms with van der Waals surface area (Å²) in [6.45, 7) is 14.2. The topological polar surface area (TPSA) is 72.7 Å². The molecule has 1 aromatic carbocycles. The molecule has 0 bridgehead atoms. The van der Waals surface area contributed by atoms with E-state index in [2.05, 4.69) is 25.2 Å². The minimum Gasteiger partial charge on any atom is -0.456 e. The van der Waals surface area contributed by atoms with Gasteiger partial charge in [0.1, 0.15) is 11.2 Å². The number of pyridine rings is 1. The van der Waals surface area contributed by atoms with E-state index < -0.39 is 5.60 Å². The van der Waals surface area contributed by atoms with Gasteiger partial charge in [0.15, 0.2) is 0 Å². The van der Waals surface area contributed by atoms with Crippen LogP contribution in [0, 0.1) is 12.3 Å². The van der Waals surface area contributed by atoms with Crippen LogP contribution in [0.3, 0.4) is 0 Å². The Hall–Kier alpha value is -3.15. The monoisotopic (exact) mass is 489 g/mol. The molecule has 6 heteroatoms. The van der Waals surface area contributed by atoms with E-state index in [9.17, 15) is 9.59 Å². The van der Waals surface area contributed by atoms with Crippen LogP contribution in [-0.2, 0) is 4.74 Å². The molecule has 0 radical (unpaired) electrons. The number of fused-ring (bicyclic) bond motifs is 1. The van der Waals surface area contributed by atoms with Crippen molar-refractivity contribution in [2.24, 2.45) is 5.41 Å². The number of nitrogens with one attached hydrogen (secondary N) is 1. The molecule has 1 N–H and O–H groups in total. The first-order valence-corrected chi connectivity index (χ1v) is 13.0. The zero-order valence-corrected chi connectivity index (χ0v) is 22.6. The lowest BCUT2D eigenvalue weighted by molar-refractivity contribution is 0.00706.